The summed E-state index contributed by atoms with van der Waals surface area (Å²) in [6.45, 7) is 5.01. The number of pyridine rings is 1. The van der Waals surface area contributed by atoms with E-state index in [4.69, 9.17) is 9.88 Å². The van der Waals surface area contributed by atoms with Gasteiger partial charge in [0.05, 0.1) is 11.7 Å². The van der Waals surface area contributed by atoms with Gasteiger partial charge in [-0.2, -0.15) is 0 Å². The number of rotatable bonds is 6. The molecule has 0 aliphatic carbocycles. The molecule has 1 atom stereocenters. The molecule has 1 heterocycles. The van der Waals surface area contributed by atoms with Crippen molar-refractivity contribution in [1.82, 2.24) is 10.3 Å². The second kappa shape index (κ2) is 10.0. The first-order valence-electron chi connectivity index (χ1n) is 10.4. The predicted octanol–water partition coefficient (Wildman–Crippen LogP) is 4.62. The van der Waals surface area contributed by atoms with Crippen molar-refractivity contribution in [1.29, 1.82) is 0 Å². The zero-order valence-electron chi connectivity index (χ0n) is 19.2. The highest BCUT2D eigenvalue weighted by molar-refractivity contribution is 7.89. The van der Waals surface area contributed by atoms with Gasteiger partial charge in [0.1, 0.15) is 27.9 Å². The molecule has 0 bridgehead atoms. The molecule has 0 radical (unpaired) electrons. The third-order valence-electron chi connectivity index (χ3n) is 4.77. The van der Waals surface area contributed by atoms with Crippen LogP contribution in [0, 0.1) is 17.5 Å². The number of amides is 1. The van der Waals surface area contributed by atoms with Crippen molar-refractivity contribution in [2.75, 3.05) is 0 Å². The van der Waals surface area contributed by atoms with E-state index in [9.17, 15) is 26.4 Å². The Kier molecular flexibility index (Phi) is 7.51. The number of nitrogens with one attached hydrogen (secondary N) is 1. The molecule has 0 saturated carbocycles. The van der Waals surface area contributed by atoms with Gasteiger partial charge in [-0.3, -0.25) is 4.98 Å². The molecule has 0 aliphatic heterocycles. The highest BCUT2D eigenvalue weighted by atomic mass is 32.2. The van der Waals surface area contributed by atoms with Crippen molar-refractivity contribution >= 4 is 16.1 Å². The van der Waals surface area contributed by atoms with Crippen molar-refractivity contribution in [2.24, 2.45) is 5.14 Å². The Bertz CT molecular complexity index is 1340. The zero-order chi connectivity index (χ0) is 26.0. The van der Waals surface area contributed by atoms with Gasteiger partial charge < -0.3 is 10.1 Å². The van der Waals surface area contributed by atoms with Gasteiger partial charge >= 0.3 is 6.09 Å². The van der Waals surface area contributed by atoms with E-state index in [0.29, 0.717) is 5.56 Å². The van der Waals surface area contributed by atoms with Gasteiger partial charge in [-0.1, -0.05) is 12.1 Å². The van der Waals surface area contributed by atoms with E-state index < -0.39 is 50.1 Å². The molecule has 35 heavy (non-hydrogen) atoms. The molecule has 2 aromatic carbocycles. The molecule has 1 amide bonds. The summed E-state index contributed by atoms with van der Waals surface area (Å²) in [4.78, 5) is 16.2. The molecule has 3 aromatic rings. The molecule has 1 unspecified atom stereocenters. The van der Waals surface area contributed by atoms with Gasteiger partial charge in [-0.25, -0.2) is 31.5 Å². The number of ether oxygens (including phenoxy) is 1. The fourth-order valence-electron chi connectivity index (χ4n) is 3.46. The Labute approximate surface area is 201 Å². The first kappa shape index (κ1) is 26.2. The average Bonchev–Trinajstić information content (AvgIpc) is 2.71. The van der Waals surface area contributed by atoms with E-state index in [2.05, 4.69) is 10.3 Å². The van der Waals surface area contributed by atoms with Crippen LogP contribution in [0.1, 0.15) is 38.1 Å². The number of carbonyl (C=O) groups is 1. The zero-order valence-corrected chi connectivity index (χ0v) is 20.0. The smallest absolute Gasteiger partial charge is 0.408 e. The maximum atomic E-state index is 14.1. The number of hydrogen-bond acceptors (Lipinski definition) is 5. The molecule has 0 saturated heterocycles. The number of halogens is 3. The largest absolute Gasteiger partial charge is 0.444 e. The fourth-order valence-corrected chi connectivity index (χ4v) is 4.09. The molecule has 0 aliphatic rings. The van der Waals surface area contributed by atoms with Crippen molar-refractivity contribution in [3.8, 4) is 11.1 Å². The van der Waals surface area contributed by atoms with E-state index in [1.54, 1.807) is 32.9 Å². The molecule has 0 spiro atoms. The standard InChI is InChI=1S/C24H24F3N3O4S/c1-24(2,3)34-23(31)30-20(11-14-9-16(25)13-17(26)10-14)22-18(5-4-8-29-22)15-6-7-19(27)21(12-15)35(28,32)33/h4-10,12-13,20H,11H2,1-3H3,(H,30,31)(H2,28,32,33). The topological polar surface area (TPSA) is 111 Å². The Morgan fingerprint density at radius 2 is 1.74 bits per heavy atom. The number of sulfonamides is 1. The number of primary sulfonamides is 1. The first-order chi connectivity index (χ1) is 16.2. The Balaban J connectivity index is 2.11. The predicted molar refractivity (Wildman–Crippen MR) is 123 cm³/mol. The van der Waals surface area contributed by atoms with Crippen molar-refractivity contribution in [2.45, 2.75) is 43.7 Å². The number of alkyl carbamates (subject to hydrolysis) is 1. The Hall–Kier alpha value is -3.44. The summed E-state index contributed by atoms with van der Waals surface area (Å²) in [6.07, 6.45) is 0.542. The lowest BCUT2D eigenvalue weighted by Crippen LogP contribution is -2.36. The van der Waals surface area contributed by atoms with Crippen LogP contribution in [0.15, 0.2) is 59.6 Å². The monoisotopic (exact) mass is 507 g/mol. The minimum absolute atomic E-state index is 0.0822. The summed E-state index contributed by atoms with van der Waals surface area (Å²) >= 11 is 0. The molecular weight excluding hydrogens is 483 g/mol. The average molecular weight is 508 g/mol. The third-order valence-corrected chi connectivity index (χ3v) is 5.70. The minimum Gasteiger partial charge on any atom is -0.444 e. The van der Waals surface area contributed by atoms with Crippen LogP contribution in [0.4, 0.5) is 18.0 Å². The molecule has 7 nitrogen and oxygen atoms in total. The van der Waals surface area contributed by atoms with Gasteiger partial charge in [0.25, 0.3) is 0 Å². The Morgan fingerprint density at radius 3 is 2.34 bits per heavy atom. The van der Waals surface area contributed by atoms with Gasteiger partial charge in [0.15, 0.2) is 0 Å². The summed E-state index contributed by atoms with van der Waals surface area (Å²) in [6, 6.07) is 8.48. The van der Waals surface area contributed by atoms with Crippen LogP contribution in [-0.2, 0) is 21.2 Å². The second-order valence-corrected chi connectivity index (χ2v) is 10.3. The SMILES string of the molecule is CC(C)(C)OC(=O)NC(Cc1cc(F)cc(F)c1)c1ncccc1-c1ccc(F)c(S(N)(=O)=O)c1. The maximum absolute atomic E-state index is 14.1. The van der Waals surface area contributed by atoms with Crippen LogP contribution in [0.2, 0.25) is 0 Å². The molecule has 3 rings (SSSR count). The lowest BCUT2D eigenvalue weighted by atomic mass is 9.95. The number of hydrogen-bond donors (Lipinski definition) is 2. The van der Waals surface area contributed by atoms with Crippen LogP contribution in [0.3, 0.4) is 0 Å². The Morgan fingerprint density at radius 1 is 1.09 bits per heavy atom. The van der Waals surface area contributed by atoms with E-state index in [-0.39, 0.29) is 23.2 Å². The lowest BCUT2D eigenvalue weighted by Gasteiger charge is -2.25. The van der Waals surface area contributed by atoms with E-state index in [0.717, 1.165) is 30.3 Å². The van der Waals surface area contributed by atoms with Gasteiger partial charge in [-0.05, 0) is 68.7 Å². The highest BCUT2D eigenvalue weighted by Gasteiger charge is 2.25. The molecular formula is C24H24F3N3O4S. The van der Waals surface area contributed by atoms with Crippen molar-refractivity contribution < 1.29 is 31.1 Å². The highest BCUT2D eigenvalue weighted by Crippen LogP contribution is 2.31. The fraction of sp³-hybridized carbons (Fsp3) is 0.250. The van der Waals surface area contributed by atoms with Crippen LogP contribution in [0.25, 0.3) is 11.1 Å². The van der Waals surface area contributed by atoms with Crippen molar-refractivity contribution in [3.05, 3.63) is 83.4 Å². The molecule has 1 aromatic heterocycles. The quantitative estimate of drug-likeness (QED) is 0.506. The molecule has 0 fully saturated rings. The van der Waals surface area contributed by atoms with Crippen LogP contribution < -0.4 is 10.5 Å². The van der Waals surface area contributed by atoms with Crippen molar-refractivity contribution in [3.63, 3.8) is 0 Å². The molecule has 186 valence electrons. The van der Waals surface area contributed by atoms with Crippen LogP contribution >= 0.6 is 0 Å². The number of benzene rings is 2. The molecule has 3 N–H and O–H groups in total. The maximum Gasteiger partial charge on any atom is 0.408 e. The number of carbonyl (C=O) groups excluding carboxylic acids is 1. The van der Waals surface area contributed by atoms with Gasteiger partial charge in [0.2, 0.25) is 10.0 Å². The normalized spacial score (nSPS) is 12.8. The van der Waals surface area contributed by atoms with E-state index in [1.165, 1.54) is 12.3 Å². The summed E-state index contributed by atoms with van der Waals surface area (Å²) in [5.41, 5.74) is 0.225. The summed E-state index contributed by atoms with van der Waals surface area (Å²) in [5, 5.41) is 7.79. The lowest BCUT2D eigenvalue weighted by molar-refractivity contribution is 0.0502. The number of nitrogens with two attached hydrogens (primary N) is 1. The summed E-state index contributed by atoms with van der Waals surface area (Å²) < 4.78 is 70.7. The van der Waals surface area contributed by atoms with Gasteiger partial charge in [-0.15, -0.1) is 0 Å². The van der Waals surface area contributed by atoms with Gasteiger partial charge in [0, 0.05) is 17.8 Å². The first-order valence-corrected chi connectivity index (χ1v) is 12.0. The van der Waals surface area contributed by atoms with Crippen LogP contribution in [-0.4, -0.2) is 25.1 Å². The van der Waals surface area contributed by atoms with E-state index in [1.807, 2.05) is 0 Å². The molecule has 11 heteroatoms. The van der Waals surface area contributed by atoms with Crippen LogP contribution in [0.5, 0.6) is 0 Å². The summed E-state index contributed by atoms with van der Waals surface area (Å²) in [7, 11) is -4.36. The number of aromatic nitrogens is 1. The summed E-state index contributed by atoms with van der Waals surface area (Å²) in [5.74, 6) is -2.62. The van der Waals surface area contributed by atoms with E-state index >= 15 is 0 Å². The third kappa shape index (κ3) is 7.03. The number of nitrogens with zero attached hydrogens (tertiary/aromatic N) is 1. The second-order valence-electron chi connectivity index (χ2n) is 8.81. The minimum atomic E-state index is -4.36.